The second-order valence-electron chi connectivity index (χ2n) is 2.90. The summed E-state index contributed by atoms with van der Waals surface area (Å²) < 4.78 is 60.2. The highest BCUT2D eigenvalue weighted by molar-refractivity contribution is 5.26. The molecular formula is C9H7F5O. The standard InChI is InChI=1S/C9H7F5O/c10-8(11)7(15)5-1-3-6(4-2-5)9(12,13)14/h1-4,7-8,15H. The number of hydrogen-bond donors (Lipinski definition) is 1. The van der Waals surface area contributed by atoms with Crippen molar-refractivity contribution >= 4 is 0 Å². The maximum Gasteiger partial charge on any atom is 0.416 e. The van der Waals surface area contributed by atoms with E-state index in [4.69, 9.17) is 5.11 Å². The van der Waals surface area contributed by atoms with Crippen LogP contribution in [0.3, 0.4) is 0 Å². The number of aliphatic hydroxyl groups excluding tert-OH is 1. The third kappa shape index (κ3) is 2.89. The fraction of sp³-hybridized carbons (Fsp3) is 0.333. The molecule has 1 N–H and O–H groups in total. The zero-order valence-corrected chi connectivity index (χ0v) is 7.30. The number of benzene rings is 1. The summed E-state index contributed by atoms with van der Waals surface area (Å²) in [5.74, 6) is 0. The Hall–Kier alpha value is -1.17. The second-order valence-corrected chi connectivity index (χ2v) is 2.90. The van der Waals surface area contributed by atoms with Crippen LogP contribution in [0.5, 0.6) is 0 Å². The van der Waals surface area contributed by atoms with Gasteiger partial charge in [-0.15, -0.1) is 0 Å². The average molecular weight is 226 g/mol. The van der Waals surface area contributed by atoms with Gasteiger partial charge in [-0.3, -0.25) is 0 Å². The molecule has 0 amide bonds. The van der Waals surface area contributed by atoms with E-state index >= 15 is 0 Å². The molecule has 0 aromatic heterocycles. The lowest BCUT2D eigenvalue weighted by atomic mass is 10.1. The van der Waals surface area contributed by atoms with E-state index in [2.05, 4.69) is 0 Å². The van der Waals surface area contributed by atoms with E-state index in [-0.39, 0.29) is 5.56 Å². The normalized spacial score (nSPS) is 14.3. The lowest BCUT2D eigenvalue weighted by Crippen LogP contribution is -2.09. The molecule has 0 aliphatic carbocycles. The van der Waals surface area contributed by atoms with E-state index in [1.54, 1.807) is 0 Å². The van der Waals surface area contributed by atoms with Crippen LogP contribution in [0, 0.1) is 0 Å². The van der Waals surface area contributed by atoms with Gasteiger partial charge >= 0.3 is 6.18 Å². The second kappa shape index (κ2) is 4.14. The van der Waals surface area contributed by atoms with Crippen LogP contribution in [0.4, 0.5) is 22.0 Å². The van der Waals surface area contributed by atoms with E-state index in [0.717, 1.165) is 12.1 Å². The summed E-state index contributed by atoms with van der Waals surface area (Å²) in [6.45, 7) is 0. The molecular weight excluding hydrogens is 219 g/mol. The smallest absolute Gasteiger partial charge is 0.382 e. The molecule has 15 heavy (non-hydrogen) atoms. The molecule has 0 saturated heterocycles. The van der Waals surface area contributed by atoms with Crippen molar-refractivity contribution in [2.24, 2.45) is 0 Å². The molecule has 6 heteroatoms. The molecule has 0 heterocycles. The van der Waals surface area contributed by atoms with Crippen molar-refractivity contribution in [2.45, 2.75) is 18.7 Å². The summed E-state index contributed by atoms with van der Waals surface area (Å²) in [5.41, 5.74) is -1.18. The molecule has 0 aliphatic heterocycles. The SMILES string of the molecule is OC(c1ccc(C(F)(F)F)cc1)C(F)F. The fourth-order valence-corrected chi connectivity index (χ4v) is 1.01. The minimum Gasteiger partial charge on any atom is -0.382 e. The maximum absolute atomic E-state index is 12.1. The highest BCUT2D eigenvalue weighted by Crippen LogP contribution is 2.30. The van der Waals surface area contributed by atoms with Gasteiger partial charge in [0.15, 0.2) is 0 Å². The molecule has 1 nitrogen and oxygen atoms in total. The number of hydrogen-bond acceptors (Lipinski definition) is 1. The van der Waals surface area contributed by atoms with E-state index in [9.17, 15) is 22.0 Å². The van der Waals surface area contributed by atoms with E-state index < -0.39 is 24.3 Å². The highest BCUT2D eigenvalue weighted by atomic mass is 19.4. The topological polar surface area (TPSA) is 20.2 Å². The first-order valence-corrected chi connectivity index (χ1v) is 3.95. The van der Waals surface area contributed by atoms with E-state index in [0.29, 0.717) is 12.1 Å². The van der Waals surface area contributed by atoms with Gasteiger partial charge in [0.1, 0.15) is 6.10 Å². The molecule has 0 spiro atoms. The molecule has 0 aliphatic rings. The third-order valence-electron chi connectivity index (χ3n) is 1.82. The molecule has 1 atom stereocenters. The van der Waals surface area contributed by atoms with Gasteiger partial charge in [0, 0.05) is 0 Å². The predicted molar refractivity (Wildman–Crippen MR) is 42.4 cm³/mol. The van der Waals surface area contributed by atoms with Crippen molar-refractivity contribution in [1.82, 2.24) is 0 Å². The summed E-state index contributed by atoms with van der Waals surface area (Å²) in [6.07, 6.45) is -9.57. The Morgan fingerprint density at radius 1 is 1.00 bits per heavy atom. The first-order valence-electron chi connectivity index (χ1n) is 3.95. The quantitative estimate of drug-likeness (QED) is 0.768. The van der Waals surface area contributed by atoms with Gasteiger partial charge in [0.25, 0.3) is 6.43 Å². The fourth-order valence-electron chi connectivity index (χ4n) is 1.01. The van der Waals surface area contributed by atoms with Crippen LogP contribution in [-0.4, -0.2) is 11.5 Å². The average Bonchev–Trinajstić information content (AvgIpc) is 2.15. The molecule has 1 rings (SSSR count). The monoisotopic (exact) mass is 226 g/mol. The molecule has 0 saturated carbocycles. The van der Waals surface area contributed by atoms with Crippen LogP contribution in [0.25, 0.3) is 0 Å². The number of halogens is 5. The van der Waals surface area contributed by atoms with E-state index in [1.165, 1.54) is 0 Å². The Bertz CT molecular complexity index is 316. The van der Waals surface area contributed by atoms with Crippen LogP contribution < -0.4 is 0 Å². The number of rotatable bonds is 2. The van der Waals surface area contributed by atoms with Crippen molar-refractivity contribution in [2.75, 3.05) is 0 Å². The molecule has 0 bridgehead atoms. The lowest BCUT2D eigenvalue weighted by molar-refractivity contribution is -0.137. The maximum atomic E-state index is 12.1. The molecule has 84 valence electrons. The van der Waals surface area contributed by atoms with Gasteiger partial charge < -0.3 is 5.11 Å². The molecule has 1 aromatic rings. The lowest BCUT2D eigenvalue weighted by Gasteiger charge is -2.11. The first-order chi connectivity index (χ1) is 6.82. The zero-order chi connectivity index (χ0) is 11.6. The summed E-state index contributed by atoms with van der Waals surface area (Å²) in [4.78, 5) is 0. The van der Waals surface area contributed by atoms with Gasteiger partial charge in [0.05, 0.1) is 5.56 Å². The highest BCUT2D eigenvalue weighted by Gasteiger charge is 2.30. The number of aliphatic hydroxyl groups is 1. The van der Waals surface area contributed by atoms with Crippen molar-refractivity contribution in [3.05, 3.63) is 35.4 Å². The summed E-state index contributed by atoms with van der Waals surface area (Å²) in [7, 11) is 0. The van der Waals surface area contributed by atoms with Crippen LogP contribution >= 0.6 is 0 Å². The van der Waals surface area contributed by atoms with Gasteiger partial charge in [-0.05, 0) is 17.7 Å². The van der Waals surface area contributed by atoms with Crippen molar-refractivity contribution < 1.29 is 27.1 Å². The summed E-state index contributed by atoms with van der Waals surface area (Å²) in [5, 5.41) is 8.86. The number of alkyl halides is 5. The summed E-state index contributed by atoms with van der Waals surface area (Å²) in [6, 6.07) is 2.97. The Labute approximate surface area is 82.1 Å². The van der Waals surface area contributed by atoms with Gasteiger partial charge in [0.2, 0.25) is 0 Å². The van der Waals surface area contributed by atoms with Crippen molar-refractivity contribution in [1.29, 1.82) is 0 Å². The minimum absolute atomic E-state index is 0.238. The Morgan fingerprint density at radius 2 is 1.47 bits per heavy atom. The van der Waals surface area contributed by atoms with Crippen molar-refractivity contribution in [3.8, 4) is 0 Å². The largest absolute Gasteiger partial charge is 0.416 e. The van der Waals surface area contributed by atoms with Crippen molar-refractivity contribution in [3.63, 3.8) is 0 Å². The third-order valence-corrected chi connectivity index (χ3v) is 1.82. The minimum atomic E-state index is -4.51. The Balaban J connectivity index is 2.91. The van der Waals surface area contributed by atoms with Crippen LogP contribution in [0.1, 0.15) is 17.2 Å². The molecule has 1 aromatic carbocycles. The van der Waals surface area contributed by atoms with E-state index in [1.807, 2.05) is 0 Å². The Morgan fingerprint density at radius 3 is 1.80 bits per heavy atom. The van der Waals surface area contributed by atoms with Gasteiger partial charge in [-0.1, -0.05) is 12.1 Å². The van der Waals surface area contributed by atoms with Crippen LogP contribution in [-0.2, 0) is 6.18 Å². The molecule has 0 fully saturated rings. The zero-order valence-electron chi connectivity index (χ0n) is 7.30. The van der Waals surface area contributed by atoms with Crippen LogP contribution in [0.2, 0.25) is 0 Å². The summed E-state index contributed by atoms with van der Waals surface area (Å²) >= 11 is 0. The predicted octanol–water partition coefficient (Wildman–Crippen LogP) is 3.00. The van der Waals surface area contributed by atoms with Crippen LogP contribution in [0.15, 0.2) is 24.3 Å². The molecule has 0 radical (unpaired) electrons. The first kappa shape index (κ1) is 11.9. The van der Waals surface area contributed by atoms with Gasteiger partial charge in [-0.2, -0.15) is 13.2 Å². The van der Waals surface area contributed by atoms with Gasteiger partial charge in [-0.25, -0.2) is 8.78 Å². The molecule has 1 unspecified atom stereocenters. The Kier molecular flexibility index (Phi) is 3.28.